The third kappa shape index (κ3) is 8.02. The Labute approximate surface area is 447 Å². The molecule has 2 aliphatic carbocycles. The molecule has 0 aromatic heterocycles. The van der Waals surface area contributed by atoms with Crippen molar-refractivity contribution in [3.63, 3.8) is 0 Å². The van der Waals surface area contributed by atoms with Crippen LogP contribution in [-0.2, 0) is 5.41 Å². The van der Waals surface area contributed by atoms with E-state index < -0.39 is 0 Å². The molecule has 0 fully saturated rings. The largest absolute Gasteiger partial charge is 0.0622 e. The van der Waals surface area contributed by atoms with Crippen LogP contribution in [0.2, 0.25) is 0 Å². The minimum Gasteiger partial charge on any atom is -0.0622 e. The maximum atomic E-state index is 2.57. The topological polar surface area (TPSA) is 0 Å². The van der Waals surface area contributed by atoms with Gasteiger partial charge in [0.25, 0.3) is 0 Å². The maximum Gasteiger partial charge on any atom is 0.0352 e. The molecule has 1 unspecified atom stereocenters. The lowest BCUT2D eigenvalue weighted by atomic mass is 9.79. The lowest BCUT2D eigenvalue weighted by Gasteiger charge is -2.23. The quantitative estimate of drug-likeness (QED) is 0.135. The molecule has 12 aromatic rings. The van der Waals surface area contributed by atoms with Crippen LogP contribution in [0.4, 0.5) is 0 Å². The van der Waals surface area contributed by atoms with E-state index in [-0.39, 0.29) is 11.3 Å². The Bertz CT molecular complexity index is 3860. The Balaban J connectivity index is 0.954. The van der Waals surface area contributed by atoms with Gasteiger partial charge in [0.05, 0.1) is 0 Å². The van der Waals surface area contributed by atoms with Gasteiger partial charge in [-0.2, -0.15) is 0 Å². The van der Waals surface area contributed by atoms with E-state index in [1.165, 1.54) is 139 Å². The minimum absolute atomic E-state index is 0.0352. The average molecular weight is 967 g/mol. The summed E-state index contributed by atoms with van der Waals surface area (Å²) >= 11 is 0. The van der Waals surface area contributed by atoms with Gasteiger partial charge in [-0.25, -0.2) is 0 Å². The zero-order valence-electron chi connectivity index (χ0n) is 42.7. The van der Waals surface area contributed by atoms with Crippen LogP contribution in [0.1, 0.15) is 47.6 Å². The third-order valence-corrected chi connectivity index (χ3v) is 16.3. The van der Waals surface area contributed by atoms with Gasteiger partial charge in [0.15, 0.2) is 0 Å². The molecule has 0 nitrogen and oxygen atoms in total. The predicted molar refractivity (Wildman–Crippen MR) is 320 cm³/mol. The van der Waals surface area contributed by atoms with Gasteiger partial charge in [0.2, 0.25) is 0 Å². The van der Waals surface area contributed by atoms with Crippen molar-refractivity contribution in [3.05, 3.63) is 313 Å². The molecule has 12 aromatic carbocycles. The average Bonchev–Trinajstić information content (AvgIpc) is 4.10. The number of rotatable bonds is 9. The van der Waals surface area contributed by atoms with Gasteiger partial charge in [-0.3, -0.25) is 0 Å². The van der Waals surface area contributed by atoms with Crippen molar-refractivity contribution < 1.29 is 0 Å². The smallest absolute Gasteiger partial charge is 0.0352 e. The van der Waals surface area contributed by atoms with Crippen molar-refractivity contribution >= 4 is 0 Å². The van der Waals surface area contributed by atoms with Gasteiger partial charge in [-0.05, 0) is 200 Å². The molecule has 76 heavy (non-hydrogen) atoms. The highest BCUT2D eigenvalue weighted by molar-refractivity contribution is 5.92. The van der Waals surface area contributed by atoms with Crippen LogP contribution in [-0.4, -0.2) is 0 Å². The molecule has 1 atom stereocenters. The summed E-state index contributed by atoms with van der Waals surface area (Å²) < 4.78 is 0. The Morgan fingerprint density at radius 3 is 0.974 bits per heavy atom. The van der Waals surface area contributed by atoms with E-state index in [4.69, 9.17) is 0 Å². The molecule has 0 heterocycles. The molecule has 0 saturated carbocycles. The van der Waals surface area contributed by atoms with E-state index in [2.05, 4.69) is 299 Å². The first-order valence-corrected chi connectivity index (χ1v) is 26.7. The van der Waals surface area contributed by atoms with Crippen LogP contribution < -0.4 is 0 Å². The Morgan fingerprint density at radius 2 is 0.539 bits per heavy atom. The highest BCUT2D eigenvalue weighted by Gasteiger charge is 2.39. The molecule has 0 aliphatic heterocycles. The molecule has 0 amide bonds. The zero-order valence-corrected chi connectivity index (χ0v) is 42.7. The first-order chi connectivity index (χ1) is 37.4. The number of fused-ring (bicyclic) bond motifs is 6. The lowest BCUT2D eigenvalue weighted by molar-refractivity contribution is 0.659. The van der Waals surface area contributed by atoms with Gasteiger partial charge >= 0.3 is 0 Å². The van der Waals surface area contributed by atoms with E-state index >= 15 is 0 Å². The molecule has 0 radical (unpaired) electrons. The SMILES string of the molecule is CC1(C)c2ccccc2-c2cc3c(cc21)C(c1cc(-c2cccc(-c4cc(-c5ccccc5)cc(-c5ccccc5)c4)c2)cc(-c2cccc(-c4cc(-c5ccccc5)cc(-c5ccccc5)c4)c2)c1)c1ccccc1-3. The van der Waals surface area contributed by atoms with Crippen LogP contribution >= 0.6 is 0 Å². The van der Waals surface area contributed by atoms with Crippen molar-refractivity contribution in [1.82, 2.24) is 0 Å². The molecule has 358 valence electrons. The second kappa shape index (κ2) is 18.5. The number of hydrogen-bond acceptors (Lipinski definition) is 0. The summed E-state index contributed by atoms with van der Waals surface area (Å²) in [7, 11) is 0. The molecule has 0 heteroatoms. The predicted octanol–water partition coefficient (Wildman–Crippen LogP) is 20.5. The minimum atomic E-state index is -0.120. The molecule has 0 bridgehead atoms. The van der Waals surface area contributed by atoms with Crippen molar-refractivity contribution in [3.8, 4) is 111 Å². The second-order valence-corrected chi connectivity index (χ2v) is 21.2. The highest BCUT2D eigenvalue weighted by Crippen LogP contribution is 2.56. The Hall–Kier alpha value is -9.36. The van der Waals surface area contributed by atoms with Gasteiger partial charge < -0.3 is 0 Å². The van der Waals surface area contributed by atoms with E-state index in [0.29, 0.717) is 0 Å². The van der Waals surface area contributed by atoms with E-state index in [1.54, 1.807) is 0 Å². The fraction of sp³-hybridized carbons (Fsp3) is 0.0526. The summed E-state index contributed by atoms with van der Waals surface area (Å²) in [6.07, 6.45) is 0. The summed E-state index contributed by atoms with van der Waals surface area (Å²) in [5.74, 6) is 0.0352. The molecule has 0 N–H and O–H groups in total. The van der Waals surface area contributed by atoms with Gasteiger partial charge in [0.1, 0.15) is 0 Å². The van der Waals surface area contributed by atoms with Crippen LogP contribution in [0.15, 0.2) is 285 Å². The van der Waals surface area contributed by atoms with Crippen molar-refractivity contribution in [2.75, 3.05) is 0 Å². The van der Waals surface area contributed by atoms with Crippen LogP contribution in [0, 0.1) is 0 Å². The maximum absolute atomic E-state index is 2.57. The lowest BCUT2D eigenvalue weighted by Crippen LogP contribution is -2.15. The van der Waals surface area contributed by atoms with Crippen LogP contribution in [0.3, 0.4) is 0 Å². The van der Waals surface area contributed by atoms with E-state index in [1.807, 2.05) is 0 Å². The van der Waals surface area contributed by atoms with Gasteiger partial charge in [-0.15, -0.1) is 0 Å². The first kappa shape index (κ1) is 45.3. The molecular formula is C76H54. The summed E-state index contributed by atoms with van der Waals surface area (Å²) in [5.41, 5.74) is 31.2. The van der Waals surface area contributed by atoms with Crippen molar-refractivity contribution in [2.45, 2.75) is 25.2 Å². The van der Waals surface area contributed by atoms with E-state index in [9.17, 15) is 0 Å². The molecule has 0 saturated heterocycles. The fourth-order valence-electron chi connectivity index (χ4n) is 12.4. The van der Waals surface area contributed by atoms with Crippen molar-refractivity contribution in [2.24, 2.45) is 0 Å². The highest BCUT2D eigenvalue weighted by atomic mass is 14.4. The Morgan fingerprint density at radius 1 is 0.211 bits per heavy atom. The molecule has 2 aliphatic rings. The molecular weight excluding hydrogens is 913 g/mol. The number of hydrogen-bond donors (Lipinski definition) is 0. The molecule has 0 spiro atoms. The van der Waals surface area contributed by atoms with Crippen LogP contribution in [0.5, 0.6) is 0 Å². The zero-order chi connectivity index (χ0) is 50.7. The third-order valence-electron chi connectivity index (χ3n) is 16.3. The standard InChI is InChI=1S/C76H54/c1-76(2)73-36-18-17-34-68(73)71-48-70-67-33-15-16-35-69(67)75(72(70)49-74(71)76)66-46-64(56-31-19-29-54(37-56)62-41-58(50-21-7-3-8-22-50)39-59(42-62)51-23-9-4-10-24-51)45-65(47-66)57-32-20-30-55(38-57)63-43-60(52-25-11-5-12-26-52)40-61(44-63)53-27-13-6-14-28-53/h3-49,75H,1-2H3. The fourth-order valence-corrected chi connectivity index (χ4v) is 12.4. The van der Waals surface area contributed by atoms with Crippen LogP contribution in [0.25, 0.3) is 111 Å². The number of benzene rings is 12. The summed E-state index contributed by atoms with van der Waals surface area (Å²) in [6, 6.07) is 106. The summed E-state index contributed by atoms with van der Waals surface area (Å²) in [6.45, 7) is 4.80. The monoisotopic (exact) mass is 966 g/mol. The van der Waals surface area contributed by atoms with E-state index in [0.717, 1.165) is 0 Å². The van der Waals surface area contributed by atoms with Gasteiger partial charge in [-0.1, -0.05) is 238 Å². The second-order valence-electron chi connectivity index (χ2n) is 21.2. The van der Waals surface area contributed by atoms with Gasteiger partial charge in [0, 0.05) is 11.3 Å². The first-order valence-electron chi connectivity index (χ1n) is 26.7. The Kier molecular flexibility index (Phi) is 11.0. The summed E-state index contributed by atoms with van der Waals surface area (Å²) in [5, 5.41) is 0. The molecule has 14 rings (SSSR count). The summed E-state index contributed by atoms with van der Waals surface area (Å²) in [4.78, 5) is 0. The normalized spacial score (nSPS) is 13.6. The van der Waals surface area contributed by atoms with Crippen molar-refractivity contribution in [1.29, 1.82) is 0 Å².